The first-order valence-corrected chi connectivity index (χ1v) is 10.4. The summed E-state index contributed by atoms with van der Waals surface area (Å²) >= 11 is 6.25. The normalized spacial score (nSPS) is 22.2. The molecule has 3 aromatic rings. The SMILES string of the molecule is Cc1onc(C2CCC(c3nnc4n3-c3ccc(Cl)cc3CN(C)C4)CC2)c1F. The fourth-order valence-electron chi connectivity index (χ4n) is 4.70. The molecule has 0 bridgehead atoms. The van der Waals surface area contributed by atoms with E-state index in [1.54, 1.807) is 6.92 Å². The van der Waals surface area contributed by atoms with Crippen LogP contribution in [0.1, 0.15) is 66.2 Å². The van der Waals surface area contributed by atoms with Gasteiger partial charge in [-0.2, -0.15) is 0 Å². The van der Waals surface area contributed by atoms with Crippen molar-refractivity contribution in [3.63, 3.8) is 0 Å². The number of aryl methyl sites for hydroxylation is 1. The highest BCUT2D eigenvalue weighted by atomic mass is 35.5. The van der Waals surface area contributed by atoms with Gasteiger partial charge in [0.25, 0.3) is 0 Å². The minimum Gasteiger partial charge on any atom is -0.358 e. The number of aromatic nitrogens is 4. The summed E-state index contributed by atoms with van der Waals surface area (Å²) in [5, 5.41) is 13.8. The van der Waals surface area contributed by atoms with Crippen LogP contribution in [0.25, 0.3) is 5.69 Å². The summed E-state index contributed by atoms with van der Waals surface area (Å²) < 4.78 is 21.5. The molecule has 0 amide bonds. The quantitative estimate of drug-likeness (QED) is 0.604. The van der Waals surface area contributed by atoms with Crippen LogP contribution in [0, 0.1) is 12.7 Å². The molecule has 1 aliphatic carbocycles. The van der Waals surface area contributed by atoms with Gasteiger partial charge in [0.05, 0.1) is 12.2 Å². The van der Waals surface area contributed by atoms with Crippen molar-refractivity contribution >= 4 is 11.6 Å². The van der Waals surface area contributed by atoms with E-state index in [1.165, 1.54) is 5.56 Å². The van der Waals surface area contributed by atoms with Crippen LogP contribution >= 0.6 is 11.6 Å². The summed E-state index contributed by atoms with van der Waals surface area (Å²) in [7, 11) is 2.08. The lowest BCUT2D eigenvalue weighted by atomic mass is 9.80. The second-order valence-corrected chi connectivity index (χ2v) is 8.68. The van der Waals surface area contributed by atoms with E-state index in [4.69, 9.17) is 16.1 Å². The molecule has 152 valence electrons. The number of hydrogen-bond acceptors (Lipinski definition) is 5. The zero-order valence-corrected chi connectivity index (χ0v) is 17.3. The first kappa shape index (κ1) is 18.8. The Hall–Kier alpha value is -2.25. The minimum absolute atomic E-state index is 0.104. The van der Waals surface area contributed by atoms with Crippen LogP contribution in [-0.4, -0.2) is 31.9 Å². The van der Waals surface area contributed by atoms with E-state index in [9.17, 15) is 4.39 Å². The van der Waals surface area contributed by atoms with Crippen molar-refractivity contribution < 1.29 is 8.91 Å². The average molecular weight is 416 g/mol. The van der Waals surface area contributed by atoms with Gasteiger partial charge in [0.1, 0.15) is 11.5 Å². The molecular formula is C21H23ClFN5O. The Morgan fingerprint density at radius 2 is 1.86 bits per heavy atom. The zero-order valence-electron chi connectivity index (χ0n) is 16.5. The van der Waals surface area contributed by atoms with E-state index in [1.807, 2.05) is 12.1 Å². The molecule has 5 rings (SSSR count). The number of fused-ring (bicyclic) bond motifs is 3. The van der Waals surface area contributed by atoms with Crippen molar-refractivity contribution in [2.24, 2.45) is 0 Å². The summed E-state index contributed by atoms with van der Waals surface area (Å²) in [4.78, 5) is 2.22. The molecule has 0 atom stereocenters. The van der Waals surface area contributed by atoms with Gasteiger partial charge in [0, 0.05) is 23.4 Å². The van der Waals surface area contributed by atoms with E-state index in [2.05, 4.69) is 37.9 Å². The van der Waals surface area contributed by atoms with E-state index < -0.39 is 0 Å². The molecule has 29 heavy (non-hydrogen) atoms. The largest absolute Gasteiger partial charge is 0.358 e. The molecule has 1 aliphatic heterocycles. The number of rotatable bonds is 2. The van der Waals surface area contributed by atoms with Crippen molar-refractivity contribution in [3.05, 3.63) is 57.7 Å². The highest BCUT2D eigenvalue weighted by molar-refractivity contribution is 6.30. The first-order valence-electron chi connectivity index (χ1n) is 10.0. The molecule has 0 spiro atoms. The molecule has 0 saturated heterocycles. The van der Waals surface area contributed by atoms with Crippen LogP contribution in [0.3, 0.4) is 0 Å². The predicted octanol–water partition coefficient (Wildman–Crippen LogP) is 4.74. The lowest BCUT2D eigenvalue weighted by Crippen LogP contribution is -2.17. The average Bonchev–Trinajstić information content (AvgIpc) is 3.22. The van der Waals surface area contributed by atoms with E-state index in [0.717, 1.165) is 61.1 Å². The zero-order chi connectivity index (χ0) is 20.1. The Balaban J connectivity index is 1.45. The van der Waals surface area contributed by atoms with Gasteiger partial charge in [0.15, 0.2) is 17.4 Å². The molecule has 0 radical (unpaired) electrons. The van der Waals surface area contributed by atoms with Crippen LogP contribution in [0.15, 0.2) is 22.7 Å². The van der Waals surface area contributed by atoms with Crippen molar-refractivity contribution in [3.8, 4) is 5.69 Å². The third kappa shape index (κ3) is 3.26. The van der Waals surface area contributed by atoms with E-state index in [0.29, 0.717) is 5.69 Å². The van der Waals surface area contributed by atoms with Gasteiger partial charge < -0.3 is 4.52 Å². The number of hydrogen-bond donors (Lipinski definition) is 0. The summed E-state index contributed by atoms with van der Waals surface area (Å²) in [5.41, 5.74) is 2.75. The molecule has 1 aromatic carbocycles. The van der Waals surface area contributed by atoms with Crippen LogP contribution < -0.4 is 0 Å². The maximum absolute atomic E-state index is 14.2. The second kappa shape index (κ2) is 7.22. The van der Waals surface area contributed by atoms with Crippen LogP contribution in [0.5, 0.6) is 0 Å². The lowest BCUT2D eigenvalue weighted by Gasteiger charge is -2.27. The molecule has 3 heterocycles. The van der Waals surface area contributed by atoms with Crippen LogP contribution in [-0.2, 0) is 13.1 Å². The molecule has 0 unspecified atom stereocenters. The molecular weight excluding hydrogens is 393 g/mol. The third-order valence-corrected chi connectivity index (χ3v) is 6.42. The van der Waals surface area contributed by atoms with Gasteiger partial charge in [-0.1, -0.05) is 16.8 Å². The monoisotopic (exact) mass is 415 g/mol. The number of benzene rings is 1. The summed E-state index contributed by atoms with van der Waals surface area (Å²) in [5.74, 6) is 2.31. The standard InChI is InChI=1S/C21H23ClFN5O/c1-12-19(23)20(26-29-12)13-3-5-14(6-4-13)21-25-24-18-11-27(2)10-15-9-16(22)7-8-17(15)28(18)21/h7-9,13-14H,3-6,10-11H2,1-2H3. The van der Waals surface area contributed by atoms with Crippen molar-refractivity contribution in [2.45, 2.75) is 57.5 Å². The van der Waals surface area contributed by atoms with E-state index in [-0.39, 0.29) is 23.4 Å². The summed E-state index contributed by atoms with van der Waals surface area (Å²) in [6, 6.07) is 6.01. The van der Waals surface area contributed by atoms with Crippen LogP contribution in [0.4, 0.5) is 4.39 Å². The van der Waals surface area contributed by atoms with Gasteiger partial charge in [-0.25, -0.2) is 4.39 Å². The van der Waals surface area contributed by atoms with Crippen molar-refractivity contribution in [1.82, 2.24) is 24.8 Å². The highest BCUT2D eigenvalue weighted by Crippen LogP contribution is 2.42. The highest BCUT2D eigenvalue weighted by Gasteiger charge is 2.32. The van der Waals surface area contributed by atoms with Gasteiger partial charge in [-0.3, -0.25) is 9.47 Å². The predicted molar refractivity (Wildman–Crippen MR) is 107 cm³/mol. The lowest BCUT2D eigenvalue weighted by molar-refractivity contribution is 0.315. The van der Waals surface area contributed by atoms with Gasteiger partial charge >= 0.3 is 0 Å². The Labute approximate surface area is 173 Å². The van der Waals surface area contributed by atoms with Crippen LogP contribution in [0.2, 0.25) is 5.02 Å². The third-order valence-electron chi connectivity index (χ3n) is 6.18. The Morgan fingerprint density at radius 1 is 1.10 bits per heavy atom. The van der Waals surface area contributed by atoms with E-state index >= 15 is 0 Å². The fourth-order valence-corrected chi connectivity index (χ4v) is 4.90. The second-order valence-electron chi connectivity index (χ2n) is 8.24. The van der Waals surface area contributed by atoms with Crippen molar-refractivity contribution in [1.29, 1.82) is 0 Å². The molecule has 2 aliphatic rings. The molecule has 8 heteroatoms. The molecule has 1 fully saturated rings. The Kier molecular flexibility index (Phi) is 4.67. The topological polar surface area (TPSA) is 60.0 Å². The molecule has 0 N–H and O–H groups in total. The number of nitrogens with zero attached hydrogens (tertiary/aromatic N) is 5. The van der Waals surface area contributed by atoms with Crippen molar-refractivity contribution in [2.75, 3.05) is 7.05 Å². The van der Waals surface area contributed by atoms with Gasteiger partial charge in [-0.15, -0.1) is 10.2 Å². The summed E-state index contributed by atoms with van der Waals surface area (Å²) in [6.07, 6.45) is 3.58. The Morgan fingerprint density at radius 3 is 2.59 bits per heavy atom. The fraction of sp³-hybridized carbons (Fsp3) is 0.476. The number of halogens is 2. The smallest absolute Gasteiger partial charge is 0.188 e. The molecule has 6 nitrogen and oxygen atoms in total. The summed E-state index contributed by atoms with van der Waals surface area (Å²) in [6.45, 7) is 3.16. The Bertz CT molecular complexity index is 1050. The van der Waals surface area contributed by atoms with Gasteiger partial charge in [0.2, 0.25) is 0 Å². The van der Waals surface area contributed by atoms with Gasteiger partial charge in [-0.05, 0) is 63.4 Å². The molecule has 1 saturated carbocycles. The maximum atomic E-state index is 14.2. The maximum Gasteiger partial charge on any atom is 0.188 e. The molecule has 2 aromatic heterocycles. The first-order chi connectivity index (χ1) is 14.0. The minimum atomic E-state index is -0.293.